The molecule has 1 aliphatic heterocycles. The van der Waals surface area contributed by atoms with E-state index in [0.717, 1.165) is 31.0 Å². The van der Waals surface area contributed by atoms with Gasteiger partial charge in [0.1, 0.15) is 11.6 Å². The third kappa shape index (κ3) is 3.92. The molecule has 0 aliphatic carbocycles. The van der Waals surface area contributed by atoms with Crippen molar-refractivity contribution in [2.75, 3.05) is 31.6 Å². The lowest BCUT2D eigenvalue weighted by Gasteiger charge is -2.46. The predicted octanol–water partition coefficient (Wildman–Crippen LogP) is 2.25. The van der Waals surface area contributed by atoms with Gasteiger partial charge in [-0.1, -0.05) is 13.8 Å². The highest BCUT2D eigenvalue weighted by atomic mass is 19.1. The van der Waals surface area contributed by atoms with Gasteiger partial charge in [-0.15, -0.1) is 0 Å². The van der Waals surface area contributed by atoms with E-state index in [2.05, 4.69) is 54.8 Å². The van der Waals surface area contributed by atoms with Crippen LogP contribution in [0.15, 0.2) is 12.3 Å². The highest BCUT2D eigenvalue weighted by Crippen LogP contribution is 2.26. The number of piperazine rings is 1. The minimum absolute atomic E-state index is 0.0943. The molecule has 2 heterocycles. The summed E-state index contributed by atoms with van der Waals surface area (Å²) in [7, 11) is 2.15. The lowest BCUT2D eigenvalue weighted by molar-refractivity contribution is 0.138. The fraction of sp³-hybridized carbons (Fsp3) is 0.688. The summed E-state index contributed by atoms with van der Waals surface area (Å²) in [5, 5.41) is 3.35. The van der Waals surface area contributed by atoms with Crippen LogP contribution in [0.3, 0.4) is 0 Å². The molecule has 0 aromatic carbocycles. The number of rotatable bonds is 4. The number of pyridine rings is 1. The predicted molar refractivity (Wildman–Crippen MR) is 85.1 cm³/mol. The number of nitrogens with zero attached hydrogens (tertiary/aromatic N) is 3. The molecule has 5 heteroatoms. The number of anilines is 1. The number of nitrogens with one attached hydrogen (secondary N) is 1. The highest BCUT2D eigenvalue weighted by molar-refractivity contribution is 5.48. The van der Waals surface area contributed by atoms with Crippen molar-refractivity contribution >= 4 is 5.82 Å². The Morgan fingerprint density at radius 3 is 2.71 bits per heavy atom. The molecule has 0 amide bonds. The molecule has 21 heavy (non-hydrogen) atoms. The van der Waals surface area contributed by atoms with Crippen molar-refractivity contribution in [1.82, 2.24) is 15.2 Å². The van der Waals surface area contributed by atoms with Gasteiger partial charge in [-0.2, -0.15) is 0 Å². The van der Waals surface area contributed by atoms with Gasteiger partial charge in [-0.05, 0) is 27.0 Å². The quantitative estimate of drug-likeness (QED) is 0.923. The van der Waals surface area contributed by atoms with Crippen molar-refractivity contribution in [1.29, 1.82) is 0 Å². The van der Waals surface area contributed by atoms with Crippen LogP contribution >= 0.6 is 0 Å². The highest BCUT2D eigenvalue weighted by Gasteiger charge is 2.32. The van der Waals surface area contributed by atoms with E-state index in [1.807, 2.05) is 0 Å². The van der Waals surface area contributed by atoms with E-state index in [1.165, 1.54) is 6.20 Å². The average Bonchev–Trinajstić information content (AvgIpc) is 2.39. The van der Waals surface area contributed by atoms with Gasteiger partial charge < -0.3 is 10.2 Å². The Morgan fingerprint density at radius 2 is 2.10 bits per heavy atom. The van der Waals surface area contributed by atoms with Crippen molar-refractivity contribution in [3.63, 3.8) is 0 Å². The van der Waals surface area contributed by atoms with Gasteiger partial charge in [0.15, 0.2) is 0 Å². The normalized spacial score (nSPS) is 19.3. The fourth-order valence-corrected chi connectivity index (χ4v) is 2.62. The van der Waals surface area contributed by atoms with Gasteiger partial charge in [-0.25, -0.2) is 9.37 Å². The van der Waals surface area contributed by atoms with E-state index in [1.54, 1.807) is 6.07 Å². The molecule has 1 N–H and O–H groups in total. The van der Waals surface area contributed by atoms with E-state index in [0.29, 0.717) is 12.6 Å². The summed E-state index contributed by atoms with van der Waals surface area (Å²) >= 11 is 0. The zero-order valence-electron chi connectivity index (χ0n) is 13.8. The summed E-state index contributed by atoms with van der Waals surface area (Å²) in [4.78, 5) is 9.00. The molecule has 0 spiro atoms. The number of likely N-dealkylation sites (N-methyl/N-ethyl adjacent to an activating group) is 1. The second kappa shape index (κ2) is 6.28. The van der Waals surface area contributed by atoms with Crippen LogP contribution in [0.1, 0.15) is 33.3 Å². The smallest absolute Gasteiger partial charge is 0.141 e. The van der Waals surface area contributed by atoms with Crippen molar-refractivity contribution in [2.24, 2.45) is 0 Å². The maximum absolute atomic E-state index is 13.5. The second-order valence-electron chi connectivity index (χ2n) is 6.83. The molecule has 0 radical (unpaired) electrons. The SMILES string of the molecule is CC(C)NCc1cc(F)cnc1N1CCN(C)C(C)(C)C1. The van der Waals surface area contributed by atoms with Crippen LogP contribution in [-0.2, 0) is 6.54 Å². The Labute approximate surface area is 127 Å². The lowest BCUT2D eigenvalue weighted by Crippen LogP contribution is -2.58. The lowest BCUT2D eigenvalue weighted by atomic mass is 9.99. The molecule has 0 unspecified atom stereocenters. The minimum Gasteiger partial charge on any atom is -0.353 e. The Bertz CT molecular complexity index is 487. The molecular formula is C16H27FN4. The summed E-state index contributed by atoms with van der Waals surface area (Å²) in [5.74, 6) is 0.637. The largest absolute Gasteiger partial charge is 0.353 e. The number of halogens is 1. The molecule has 4 nitrogen and oxygen atoms in total. The third-order valence-corrected chi connectivity index (χ3v) is 4.23. The average molecular weight is 294 g/mol. The van der Waals surface area contributed by atoms with Crippen LogP contribution in [0.2, 0.25) is 0 Å². The standard InChI is InChI=1S/C16H27FN4/c1-12(2)18-9-13-8-14(17)10-19-15(13)21-7-6-20(5)16(3,4)11-21/h8,10,12,18H,6-7,9,11H2,1-5H3. The summed E-state index contributed by atoms with van der Waals surface area (Å²) in [6.45, 7) is 12.1. The van der Waals surface area contributed by atoms with Crippen molar-refractivity contribution in [3.8, 4) is 0 Å². The monoisotopic (exact) mass is 294 g/mol. The molecule has 1 saturated heterocycles. The van der Waals surface area contributed by atoms with Crippen LogP contribution in [0.25, 0.3) is 0 Å². The van der Waals surface area contributed by atoms with Gasteiger partial charge in [0.05, 0.1) is 6.20 Å². The van der Waals surface area contributed by atoms with Crippen LogP contribution < -0.4 is 10.2 Å². The first kappa shape index (κ1) is 16.2. The van der Waals surface area contributed by atoms with Crippen LogP contribution in [0, 0.1) is 5.82 Å². The van der Waals surface area contributed by atoms with E-state index >= 15 is 0 Å². The fourth-order valence-electron chi connectivity index (χ4n) is 2.62. The molecule has 1 aliphatic rings. The minimum atomic E-state index is -0.271. The molecule has 0 atom stereocenters. The molecule has 1 aromatic rings. The Balaban J connectivity index is 2.22. The Hall–Kier alpha value is -1.20. The first-order chi connectivity index (χ1) is 9.79. The second-order valence-corrected chi connectivity index (χ2v) is 6.83. The van der Waals surface area contributed by atoms with Crippen molar-refractivity contribution in [3.05, 3.63) is 23.6 Å². The topological polar surface area (TPSA) is 31.4 Å². The summed E-state index contributed by atoms with van der Waals surface area (Å²) < 4.78 is 13.5. The summed E-state index contributed by atoms with van der Waals surface area (Å²) in [6, 6.07) is 1.97. The summed E-state index contributed by atoms with van der Waals surface area (Å²) in [5.41, 5.74) is 1.03. The van der Waals surface area contributed by atoms with Crippen molar-refractivity contribution in [2.45, 2.75) is 45.8 Å². The zero-order valence-corrected chi connectivity index (χ0v) is 13.8. The number of hydrogen-bond donors (Lipinski definition) is 1. The van der Waals surface area contributed by atoms with Gasteiger partial charge >= 0.3 is 0 Å². The number of aromatic nitrogens is 1. The summed E-state index contributed by atoms with van der Waals surface area (Å²) in [6.07, 6.45) is 1.32. The van der Waals surface area contributed by atoms with Gasteiger partial charge in [-0.3, -0.25) is 4.90 Å². The van der Waals surface area contributed by atoms with E-state index in [4.69, 9.17) is 0 Å². The number of hydrogen-bond acceptors (Lipinski definition) is 4. The van der Waals surface area contributed by atoms with E-state index in [-0.39, 0.29) is 11.4 Å². The van der Waals surface area contributed by atoms with E-state index in [9.17, 15) is 4.39 Å². The maximum atomic E-state index is 13.5. The molecule has 1 fully saturated rings. The van der Waals surface area contributed by atoms with Gasteiger partial charge in [0.25, 0.3) is 0 Å². The third-order valence-electron chi connectivity index (χ3n) is 4.23. The zero-order chi connectivity index (χ0) is 15.6. The van der Waals surface area contributed by atoms with Gasteiger partial charge in [0, 0.05) is 43.3 Å². The maximum Gasteiger partial charge on any atom is 0.141 e. The Morgan fingerprint density at radius 1 is 1.38 bits per heavy atom. The molecule has 0 saturated carbocycles. The Kier molecular flexibility index (Phi) is 4.84. The van der Waals surface area contributed by atoms with Crippen LogP contribution in [-0.4, -0.2) is 48.1 Å². The van der Waals surface area contributed by atoms with E-state index < -0.39 is 0 Å². The molecule has 2 rings (SSSR count). The van der Waals surface area contributed by atoms with Gasteiger partial charge in [0.2, 0.25) is 0 Å². The first-order valence-electron chi connectivity index (χ1n) is 7.63. The molecular weight excluding hydrogens is 267 g/mol. The molecule has 118 valence electrons. The van der Waals surface area contributed by atoms with Crippen LogP contribution in [0.5, 0.6) is 0 Å². The molecule has 1 aromatic heterocycles. The van der Waals surface area contributed by atoms with Crippen molar-refractivity contribution < 1.29 is 4.39 Å². The molecule has 0 bridgehead atoms. The first-order valence-corrected chi connectivity index (χ1v) is 7.63. The van der Waals surface area contributed by atoms with Crippen LogP contribution in [0.4, 0.5) is 10.2 Å².